The van der Waals surface area contributed by atoms with E-state index in [2.05, 4.69) is 5.32 Å². The standard InChI is InChI=1S/C47H55NO14/c1-25-31(60-43(56)36(52)35(28-16-10-7-11-17-28)48-41(54)29-18-12-8-13-19-29)23-47(57)40(61-42(55)30-20-14-9-15-21-30)38-45(6,32(51)22-33-46(38,24-58-33)62-27(3)50)39(53)37(59-26(2)49)34(25)44(47,4)5/h7,9-11,14-18,20-21,31-33,35-38,40,51-52,57H,8,12-13,19,22-24H2,1-6H3,(H,48,54)/t31-,32-,33+,35-,36+,37+,38-,40-,45+,46-,47+/m0/s1. The summed E-state index contributed by atoms with van der Waals surface area (Å²) < 4.78 is 30.3. The Morgan fingerprint density at radius 1 is 0.903 bits per heavy atom. The molecular formula is C47H55NO14. The number of aliphatic hydroxyl groups excluding tert-OH is 2. The van der Waals surface area contributed by atoms with Crippen LogP contribution in [0.4, 0.5) is 0 Å². The lowest BCUT2D eigenvalue weighted by Crippen LogP contribution is -2.82. The van der Waals surface area contributed by atoms with Gasteiger partial charge < -0.3 is 44.3 Å². The minimum Gasteiger partial charge on any atom is -0.456 e. The first-order valence-corrected chi connectivity index (χ1v) is 21.1. The molecule has 11 atom stereocenters. The molecule has 0 unspecified atom stereocenters. The van der Waals surface area contributed by atoms with E-state index in [4.69, 9.17) is 23.7 Å². The average Bonchev–Trinajstić information content (AvgIpc) is 3.24. The number of carbonyl (C=O) groups is 6. The summed E-state index contributed by atoms with van der Waals surface area (Å²) in [5, 5.41) is 40.4. The maximum Gasteiger partial charge on any atom is 0.338 e. The van der Waals surface area contributed by atoms with Gasteiger partial charge in [-0.1, -0.05) is 68.5 Å². The Hall–Kier alpha value is -5.22. The number of nitrogens with one attached hydrogen (secondary N) is 1. The van der Waals surface area contributed by atoms with Gasteiger partial charge in [-0.2, -0.15) is 0 Å². The smallest absolute Gasteiger partial charge is 0.338 e. The van der Waals surface area contributed by atoms with Crippen molar-refractivity contribution in [2.45, 2.75) is 134 Å². The van der Waals surface area contributed by atoms with Crippen molar-refractivity contribution >= 4 is 35.6 Å². The molecule has 62 heavy (non-hydrogen) atoms. The topological polar surface area (TPSA) is 221 Å². The van der Waals surface area contributed by atoms with E-state index in [0.717, 1.165) is 26.7 Å². The minimum absolute atomic E-state index is 0.0111. The summed E-state index contributed by atoms with van der Waals surface area (Å²) >= 11 is 0. The molecule has 0 radical (unpaired) electrons. The van der Waals surface area contributed by atoms with Crippen molar-refractivity contribution in [2.24, 2.45) is 16.7 Å². The fourth-order valence-corrected chi connectivity index (χ4v) is 10.6. The van der Waals surface area contributed by atoms with E-state index in [0.29, 0.717) is 24.0 Å². The molecule has 0 aromatic heterocycles. The van der Waals surface area contributed by atoms with Crippen LogP contribution in [0.1, 0.15) is 102 Å². The van der Waals surface area contributed by atoms with E-state index < -0.39 is 113 Å². The molecule has 4 aliphatic carbocycles. The number of ketones is 1. The van der Waals surface area contributed by atoms with Crippen LogP contribution in [0.3, 0.4) is 0 Å². The lowest BCUT2D eigenvalue weighted by atomic mass is 9.44. The van der Waals surface area contributed by atoms with Crippen molar-refractivity contribution in [3.63, 3.8) is 0 Å². The molecule has 2 bridgehead atoms. The maximum atomic E-state index is 15.5. The number of hydrogen-bond donors (Lipinski definition) is 4. The number of aliphatic hydroxyl groups is 3. The molecule has 1 aliphatic heterocycles. The molecule has 7 rings (SSSR count). The van der Waals surface area contributed by atoms with E-state index >= 15 is 4.79 Å². The highest BCUT2D eigenvalue weighted by atomic mass is 16.6. The SMILES string of the molecule is CC(=O)O[C@H]1C(=O)[C@@]2(C)[C@H]([C@H](OC(=O)c3ccccc3)[C@]3(O)C[C@H](OC(=O)[C@H](O)[C@@H](NC(=O)C4=CCCCC4)c4ccccc4)C(C)=C1C3(C)C)[C@]1(OC(C)=O)CO[C@@H]1C[C@@H]2O. The summed E-state index contributed by atoms with van der Waals surface area (Å²) in [7, 11) is 0. The van der Waals surface area contributed by atoms with Gasteiger partial charge in [-0.3, -0.25) is 19.2 Å². The molecule has 2 aromatic rings. The van der Waals surface area contributed by atoms with Gasteiger partial charge in [0.05, 0.1) is 35.6 Å². The van der Waals surface area contributed by atoms with Crippen molar-refractivity contribution in [1.29, 1.82) is 0 Å². The van der Waals surface area contributed by atoms with Crippen molar-refractivity contribution in [1.82, 2.24) is 5.32 Å². The fraction of sp³-hybridized carbons (Fsp3) is 0.532. The largest absolute Gasteiger partial charge is 0.456 e. The molecule has 4 N–H and O–H groups in total. The van der Waals surface area contributed by atoms with Gasteiger partial charge in [0.2, 0.25) is 5.91 Å². The molecule has 1 heterocycles. The average molecular weight is 858 g/mol. The van der Waals surface area contributed by atoms with E-state index in [9.17, 15) is 39.3 Å². The minimum atomic E-state index is -2.38. The Labute approximate surface area is 359 Å². The molecule has 332 valence electrons. The second kappa shape index (κ2) is 16.8. The van der Waals surface area contributed by atoms with Gasteiger partial charge in [-0.15, -0.1) is 0 Å². The van der Waals surface area contributed by atoms with Crippen LogP contribution in [0.25, 0.3) is 0 Å². The molecule has 2 saturated carbocycles. The first-order chi connectivity index (χ1) is 29.3. The van der Waals surface area contributed by atoms with Crippen molar-refractivity contribution in [3.8, 4) is 0 Å². The third-order valence-corrected chi connectivity index (χ3v) is 14.0. The van der Waals surface area contributed by atoms with Gasteiger partial charge in [-0.05, 0) is 68.4 Å². The highest BCUT2D eigenvalue weighted by Gasteiger charge is 2.78. The lowest BCUT2D eigenvalue weighted by Gasteiger charge is -2.67. The summed E-state index contributed by atoms with van der Waals surface area (Å²) in [6.07, 6.45) is -5.57. The van der Waals surface area contributed by atoms with Gasteiger partial charge in [-0.25, -0.2) is 9.59 Å². The van der Waals surface area contributed by atoms with E-state index in [1.54, 1.807) is 62.4 Å². The molecule has 15 heteroatoms. The van der Waals surface area contributed by atoms with Crippen LogP contribution in [0.5, 0.6) is 0 Å². The van der Waals surface area contributed by atoms with Crippen LogP contribution in [0.2, 0.25) is 0 Å². The quantitative estimate of drug-likeness (QED) is 0.151. The zero-order valence-electron chi connectivity index (χ0n) is 35.8. The number of ether oxygens (including phenoxy) is 5. The Kier molecular flexibility index (Phi) is 12.2. The molecule has 3 fully saturated rings. The Morgan fingerprint density at radius 2 is 1.56 bits per heavy atom. The number of benzene rings is 2. The van der Waals surface area contributed by atoms with Gasteiger partial charge in [0.15, 0.2) is 23.6 Å². The third-order valence-electron chi connectivity index (χ3n) is 14.0. The molecule has 1 amide bonds. The number of carbonyl (C=O) groups excluding carboxylic acids is 6. The van der Waals surface area contributed by atoms with Crippen molar-refractivity contribution in [2.75, 3.05) is 6.61 Å². The summed E-state index contributed by atoms with van der Waals surface area (Å²) in [5.41, 5.74) is -6.63. The lowest BCUT2D eigenvalue weighted by molar-refractivity contribution is -0.346. The Morgan fingerprint density at radius 3 is 2.15 bits per heavy atom. The second-order valence-electron chi connectivity index (χ2n) is 18.0. The highest BCUT2D eigenvalue weighted by Crippen LogP contribution is 2.64. The first kappa shape index (κ1) is 44.8. The Bertz CT molecular complexity index is 2190. The predicted octanol–water partition coefficient (Wildman–Crippen LogP) is 3.92. The summed E-state index contributed by atoms with van der Waals surface area (Å²) in [6.45, 7) is 8.04. The van der Waals surface area contributed by atoms with Gasteiger partial charge in [0, 0.05) is 37.7 Å². The summed E-state index contributed by atoms with van der Waals surface area (Å²) in [4.78, 5) is 83.6. The maximum absolute atomic E-state index is 15.5. The number of amides is 1. The number of Topliss-reactive ketones (excluding diaryl/α,β-unsaturated/α-hetero) is 1. The van der Waals surface area contributed by atoms with Gasteiger partial charge in [0.25, 0.3) is 0 Å². The molecule has 0 spiro atoms. The van der Waals surface area contributed by atoms with E-state index in [-0.39, 0.29) is 29.7 Å². The number of fused-ring (bicyclic) bond motifs is 5. The van der Waals surface area contributed by atoms with Crippen molar-refractivity contribution in [3.05, 3.63) is 94.6 Å². The zero-order chi connectivity index (χ0) is 44.9. The first-order valence-electron chi connectivity index (χ1n) is 21.1. The van der Waals surface area contributed by atoms with Crippen molar-refractivity contribution < 1.29 is 67.8 Å². The van der Waals surface area contributed by atoms with E-state index in [1.807, 2.05) is 6.08 Å². The summed E-state index contributed by atoms with van der Waals surface area (Å²) in [6, 6.07) is 15.0. The van der Waals surface area contributed by atoms with Gasteiger partial charge in [0.1, 0.15) is 23.9 Å². The zero-order valence-corrected chi connectivity index (χ0v) is 35.8. The number of allylic oxidation sites excluding steroid dienone is 1. The predicted molar refractivity (Wildman–Crippen MR) is 218 cm³/mol. The Balaban J connectivity index is 1.38. The third kappa shape index (κ3) is 7.46. The van der Waals surface area contributed by atoms with Crippen LogP contribution in [-0.4, -0.2) is 105 Å². The number of esters is 4. The number of rotatable bonds is 10. The molecular weight excluding hydrogens is 803 g/mol. The second-order valence-corrected chi connectivity index (χ2v) is 18.0. The highest BCUT2D eigenvalue weighted by molar-refractivity contribution is 5.96. The van der Waals surface area contributed by atoms with Crippen LogP contribution in [0, 0.1) is 16.7 Å². The normalized spacial score (nSPS) is 33.3. The fourth-order valence-electron chi connectivity index (χ4n) is 10.6. The number of hydrogen-bond acceptors (Lipinski definition) is 14. The molecule has 1 saturated heterocycles. The van der Waals surface area contributed by atoms with E-state index in [1.165, 1.54) is 26.0 Å². The monoisotopic (exact) mass is 857 g/mol. The van der Waals surface area contributed by atoms with Crippen LogP contribution in [-0.2, 0) is 47.7 Å². The molecule has 5 aliphatic rings. The van der Waals surface area contributed by atoms with Crippen LogP contribution in [0.15, 0.2) is 83.5 Å². The molecule has 2 aromatic carbocycles. The molecule has 15 nitrogen and oxygen atoms in total. The van der Waals surface area contributed by atoms with Gasteiger partial charge >= 0.3 is 23.9 Å². The van der Waals surface area contributed by atoms with Crippen LogP contribution >= 0.6 is 0 Å². The van der Waals surface area contributed by atoms with Crippen LogP contribution < -0.4 is 5.32 Å². The summed E-state index contributed by atoms with van der Waals surface area (Å²) in [5.74, 6) is -6.63.